The Bertz CT molecular complexity index is 1020. The number of ether oxygens (including phenoxy) is 1. The highest BCUT2D eigenvalue weighted by atomic mass is 16.5. The molecule has 0 spiro atoms. The van der Waals surface area contributed by atoms with Crippen molar-refractivity contribution in [2.24, 2.45) is 0 Å². The predicted molar refractivity (Wildman–Crippen MR) is 114 cm³/mol. The summed E-state index contributed by atoms with van der Waals surface area (Å²) >= 11 is 0. The molecule has 158 valence electrons. The smallest absolute Gasteiger partial charge is 0.244 e. The molecule has 0 aliphatic heterocycles. The summed E-state index contributed by atoms with van der Waals surface area (Å²) < 4.78 is 9.11. The van der Waals surface area contributed by atoms with Gasteiger partial charge in [0.25, 0.3) is 0 Å². The van der Waals surface area contributed by atoms with Gasteiger partial charge in [-0.25, -0.2) is 9.67 Å². The molecule has 1 aliphatic carbocycles. The lowest BCUT2D eigenvalue weighted by Gasteiger charge is -2.31. The van der Waals surface area contributed by atoms with E-state index in [1.807, 2.05) is 54.0 Å². The molecule has 3 aromatic rings. The van der Waals surface area contributed by atoms with Crippen LogP contribution in [0.5, 0.6) is 5.75 Å². The van der Waals surface area contributed by atoms with Gasteiger partial charge in [0, 0.05) is 24.8 Å². The highest BCUT2D eigenvalue weighted by molar-refractivity contribution is 5.76. The first-order chi connectivity index (χ1) is 14.5. The average Bonchev–Trinajstić information content (AvgIpc) is 3.42. The number of imidazole rings is 1. The van der Waals surface area contributed by atoms with Gasteiger partial charge in [-0.2, -0.15) is 0 Å². The molecule has 1 amide bonds. The molecule has 8 heteroatoms. The molecule has 8 nitrogen and oxygen atoms in total. The molecule has 1 fully saturated rings. The van der Waals surface area contributed by atoms with Crippen LogP contribution in [-0.4, -0.2) is 55.6 Å². The quantitative estimate of drug-likeness (QED) is 0.626. The third-order valence-electron chi connectivity index (χ3n) is 5.82. The fourth-order valence-electron chi connectivity index (χ4n) is 4.03. The fraction of sp³-hybridized carbons (Fsp3) is 0.455. The largest absolute Gasteiger partial charge is 0.495 e. The molecular formula is C22H28N6O2. The van der Waals surface area contributed by atoms with E-state index in [1.165, 1.54) is 19.3 Å². The minimum atomic E-state index is 0.0711. The van der Waals surface area contributed by atoms with Crippen molar-refractivity contribution in [2.45, 2.75) is 51.6 Å². The molecule has 0 bridgehead atoms. The van der Waals surface area contributed by atoms with E-state index in [0.29, 0.717) is 17.5 Å². The Labute approximate surface area is 176 Å². The van der Waals surface area contributed by atoms with Gasteiger partial charge in [-0.1, -0.05) is 30.5 Å². The molecule has 2 aromatic heterocycles. The predicted octanol–water partition coefficient (Wildman–Crippen LogP) is 3.24. The molecule has 30 heavy (non-hydrogen) atoms. The van der Waals surface area contributed by atoms with E-state index in [-0.39, 0.29) is 12.5 Å². The van der Waals surface area contributed by atoms with Crippen molar-refractivity contribution in [2.75, 3.05) is 14.2 Å². The van der Waals surface area contributed by atoms with Gasteiger partial charge < -0.3 is 14.2 Å². The summed E-state index contributed by atoms with van der Waals surface area (Å²) in [6, 6.07) is 6.21. The van der Waals surface area contributed by atoms with Crippen LogP contribution in [0, 0.1) is 6.92 Å². The Morgan fingerprint density at radius 3 is 2.73 bits per heavy atom. The van der Waals surface area contributed by atoms with Gasteiger partial charge in [-0.05, 0) is 31.9 Å². The number of amides is 1. The second-order valence-corrected chi connectivity index (χ2v) is 7.91. The number of likely N-dealkylation sites (N-methyl/N-ethyl adjacent to an activating group) is 1. The van der Waals surface area contributed by atoms with Crippen molar-refractivity contribution >= 4 is 5.91 Å². The van der Waals surface area contributed by atoms with E-state index in [1.54, 1.807) is 18.1 Å². The Morgan fingerprint density at radius 1 is 1.23 bits per heavy atom. The molecule has 0 saturated heterocycles. The van der Waals surface area contributed by atoms with Crippen molar-refractivity contribution in [1.82, 2.24) is 29.4 Å². The zero-order valence-corrected chi connectivity index (χ0v) is 17.8. The van der Waals surface area contributed by atoms with Crippen molar-refractivity contribution in [3.63, 3.8) is 0 Å². The van der Waals surface area contributed by atoms with E-state index in [2.05, 4.69) is 15.3 Å². The number of aromatic nitrogens is 5. The van der Waals surface area contributed by atoms with E-state index < -0.39 is 0 Å². The molecule has 0 atom stereocenters. The highest BCUT2D eigenvalue weighted by Crippen LogP contribution is 2.29. The summed E-state index contributed by atoms with van der Waals surface area (Å²) in [5.41, 5.74) is 3.42. The first kappa shape index (κ1) is 20.1. The summed E-state index contributed by atoms with van der Waals surface area (Å²) in [6.45, 7) is 2.15. The van der Waals surface area contributed by atoms with Gasteiger partial charge in [-0.3, -0.25) is 4.79 Å². The van der Waals surface area contributed by atoms with Gasteiger partial charge in [0.1, 0.15) is 18.0 Å². The van der Waals surface area contributed by atoms with Crippen LogP contribution in [0.2, 0.25) is 0 Å². The van der Waals surface area contributed by atoms with Gasteiger partial charge in [0.15, 0.2) is 0 Å². The fourth-order valence-corrected chi connectivity index (χ4v) is 4.03. The van der Waals surface area contributed by atoms with Crippen LogP contribution in [0.3, 0.4) is 0 Å². The van der Waals surface area contributed by atoms with Gasteiger partial charge in [-0.15, -0.1) is 5.10 Å². The lowest BCUT2D eigenvalue weighted by molar-refractivity contribution is -0.133. The minimum Gasteiger partial charge on any atom is -0.495 e. The monoisotopic (exact) mass is 408 g/mol. The number of hydrogen-bond acceptors (Lipinski definition) is 5. The van der Waals surface area contributed by atoms with Crippen LogP contribution in [0.1, 0.15) is 37.8 Å². The zero-order chi connectivity index (χ0) is 21.1. The van der Waals surface area contributed by atoms with E-state index in [9.17, 15) is 4.79 Å². The van der Waals surface area contributed by atoms with Crippen LogP contribution in [0.4, 0.5) is 0 Å². The molecule has 1 aromatic carbocycles. The van der Waals surface area contributed by atoms with Crippen LogP contribution in [0.25, 0.3) is 16.9 Å². The third kappa shape index (κ3) is 4.22. The van der Waals surface area contributed by atoms with Crippen LogP contribution in [-0.2, 0) is 11.3 Å². The lowest BCUT2D eigenvalue weighted by atomic mass is 9.94. The maximum absolute atomic E-state index is 12.7. The number of aryl methyl sites for hydroxylation is 1. The molecule has 2 heterocycles. The van der Waals surface area contributed by atoms with Crippen LogP contribution in [0.15, 0.2) is 36.9 Å². The van der Waals surface area contributed by atoms with Gasteiger partial charge in [0.05, 0.1) is 31.0 Å². The summed E-state index contributed by atoms with van der Waals surface area (Å²) in [5, 5.41) is 8.42. The number of methoxy groups -OCH3 is 1. The van der Waals surface area contributed by atoms with Crippen LogP contribution < -0.4 is 4.74 Å². The Hall–Kier alpha value is -3.16. The third-order valence-corrected chi connectivity index (χ3v) is 5.82. The Kier molecular flexibility index (Phi) is 5.83. The first-order valence-electron chi connectivity index (χ1n) is 10.4. The number of nitrogens with zero attached hydrogens (tertiary/aromatic N) is 6. The summed E-state index contributed by atoms with van der Waals surface area (Å²) in [6.07, 6.45) is 11.4. The average molecular weight is 409 g/mol. The van der Waals surface area contributed by atoms with Crippen molar-refractivity contribution < 1.29 is 9.53 Å². The normalized spacial score (nSPS) is 14.6. The maximum atomic E-state index is 12.7. The summed E-state index contributed by atoms with van der Waals surface area (Å²) in [4.78, 5) is 18.8. The number of hydrogen-bond donors (Lipinski definition) is 0. The Balaban J connectivity index is 1.48. The molecule has 4 rings (SSSR count). The topological polar surface area (TPSA) is 78.1 Å². The number of rotatable bonds is 6. The highest BCUT2D eigenvalue weighted by Gasteiger charge is 2.22. The van der Waals surface area contributed by atoms with Gasteiger partial charge in [0.2, 0.25) is 5.91 Å². The second-order valence-electron chi connectivity index (χ2n) is 7.91. The van der Waals surface area contributed by atoms with E-state index in [4.69, 9.17) is 4.74 Å². The number of benzene rings is 1. The maximum Gasteiger partial charge on any atom is 0.244 e. The van der Waals surface area contributed by atoms with Crippen LogP contribution >= 0.6 is 0 Å². The zero-order valence-electron chi connectivity index (χ0n) is 17.8. The summed E-state index contributed by atoms with van der Waals surface area (Å²) in [5.74, 6) is 0.786. The number of carbonyl (C=O) groups excluding carboxylic acids is 1. The molecule has 0 radical (unpaired) electrons. The molecular weight excluding hydrogens is 380 g/mol. The SMILES string of the molecule is COc1cc(-c2cn(CC(=O)N(C)C3CCCCC3)nn2)ccc1-n1cnc(C)c1. The lowest BCUT2D eigenvalue weighted by Crippen LogP contribution is -2.40. The summed E-state index contributed by atoms with van der Waals surface area (Å²) in [7, 11) is 3.54. The standard InChI is InChI=1S/C22H28N6O2/c1-16-12-27(15-23-16)20-10-9-17(11-21(20)30-3)19-13-28(25-24-19)14-22(29)26(2)18-7-5-4-6-8-18/h9-13,15,18H,4-8,14H2,1-3H3. The number of carbonyl (C=O) groups is 1. The van der Waals surface area contributed by atoms with Crippen molar-refractivity contribution in [3.8, 4) is 22.7 Å². The van der Waals surface area contributed by atoms with Gasteiger partial charge >= 0.3 is 0 Å². The molecule has 1 saturated carbocycles. The molecule has 1 aliphatic rings. The van der Waals surface area contributed by atoms with E-state index in [0.717, 1.165) is 29.8 Å². The van der Waals surface area contributed by atoms with Crippen molar-refractivity contribution in [1.29, 1.82) is 0 Å². The van der Waals surface area contributed by atoms with E-state index >= 15 is 0 Å². The second kappa shape index (κ2) is 8.69. The first-order valence-corrected chi connectivity index (χ1v) is 10.4. The minimum absolute atomic E-state index is 0.0711. The molecule has 0 N–H and O–H groups in total. The molecule has 0 unspecified atom stereocenters. The Morgan fingerprint density at radius 2 is 2.03 bits per heavy atom. The van der Waals surface area contributed by atoms with Crippen molar-refractivity contribution in [3.05, 3.63) is 42.6 Å².